The summed E-state index contributed by atoms with van der Waals surface area (Å²) >= 11 is 0. The van der Waals surface area contributed by atoms with Crippen LogP contribution in [-0.2, 0) is 11.2 Å². The maximum Gasteiger partial charge on any atom is 0.432 e. The number of anilines is 1. The van der Waals surface area contributed by atoms with Gasteiger partial charge in [-0.2, -0.15) is 5.01 Å². The maximum absolute atomic E-state index is 12.3. The molecule has 2 aromatic rings. The van der Waals surface area contributed by atoms with Gasteiger partial charge in [-0.15, -0.1) is 0 Å². The molecule has 0 aromatic heterocycles. The first-order chi connectivity index (χ1) is 10.9. The molecule has 1 aliphatic rings. The normalized spacial score (nSPS) is 26.9. The van der Waals surface area contributed by atoms with E-state index in [0.29, 0.717) is 12.1 Å². The number of hydrogen-bond donors (Lipinski definition) is 2. The van der Waals surface area contributed by atoms with E-state index in [-0.39, 0.29) is 0 Å². The summed E-state index contributed by atoms with van der Waals surface area (Å²) in [5.41, 5.74) is 2.06. The summed E-state index contributed by atoms with van der Waals surface area (Å²) < 4.78 is 5.53. The van der Waals surface area contributed by atoms with Crippen molar-refractivity contribution < 1.29 is 14.6 Å². The van der Waals surface area contributed by atoms with E-state index < -0.39 is 17.4 Å². The highest BCUT2D eigenvalue weighted by Gasteiger charge is 2.60. The van der Waals surface area contributed by atoms with Crippen LogP contribution in [-0.4, -0.2) is 27.5 Å². The van der Waals surface area contributed by atoms with E-state index in [2.05, 4.69) is 5.43 Å². The van der Waals surface area contributed by atoms with Crippen LogP contribution in [0.15, 0.2) is 60.7 Å². The van der Waals surface area contributed by atoms with Crippen molar-refractivity contribution in [3.05, 3.63) is 66.2 Å². The number of amides is 1. The number of nitrogens with zero attached hydrogens (tertiary/aromatic N) is 1. The molecule has 0 saturated carbocycles. The highest BCUT2D eigenvalue weighted by molar-refractivity contribution is 5.74. The van der Waals surface area contributed by atoms with Crippen LogP contribution in [0.5, 0.6) is 0 Å². The zero-order valence-electron chi connectivity index (χ0n) is 13.2. The van der Waals surface area contributed by atoms with Gasteiger partial charge in [0.05, 0.1) is 5.69 Å². The molecule has 1 heterocycles. The fourth-order valence-corrected chi connectivity index (χ4v) is 2.73. The molecule has 0 radical (unpaired) electrons. The molecule has 5 heteroatoms. The molecule has 120 valence electrons. The topological polar surface area (TPSA) is 61.8 Å². The van der Waals surface area contributed by atoms with Crippen LogP contribution in [0.25, 0.3) is 0 Å². The van der Waals surface area contributed by atoms with E-state index in [0.717, 1.165) is 10.6 Å². The average Bonchev–Trinajstić information content (AvgIpc) is 2.69. The summed E-state index contributed by atoms with van der Waals surface area (Å²) in [6.07, 6.45) is -0.184. The Labute approximate surface area is 135 Å². The minimum atomic E-state index is -1.50. The summed E-state index contributed by atoms with van der Waals surface area (Å²) in [4.78, 5) is 12.3. The third-order valence-electron chi connectivity index (χ3n) is 4.33. The van der Waals surface area contributed by atoms with Gasteiger partial charge < -0.3 is 9.84 Å². The lowest BCUT2D eigenvalue weighted by Gasteiger charge is -2.37. The van der Waals surface area contributed by atoms with Gasteiger partial charge in [-0.05, 0) is 31.5 Å². The van der Waals surface area contributed by atoms with Crippen molar-refractivity contribution in [1.29, 1.82) is 0 Å². The lowest BCUT2D eigenvalue weighted by molar-refractivity contribution is -0.129. The number of ether oxygens (including phenoxy) is 1. The molecule has 23 heavy (non-hydrogen) atoms. The molecule has 1 aliphatic heterocycles. The Morgan fingerprint density at radius 3 is 2.22 bits per heavy atom. The predicted octanol–water partition coefficient (Wildman–Crippen LogP) is 3.18. The number of para-hydroxylation sites is 1. The van der Waals surface area contributed by atoms with Gasteiger partial charge in [-0.1, -0.05) is 48.5 Å². The van der Waals surface area contributed by atoms with Crippen LogP contribution < -0.4 is 5.43 Å². The van der Waals surface area contributed by atoms with Crippen LogP contribution in [0.3, 0.4) is 0 Å². The molecule has 5 nitrogen and oxygen atoms in total. The summed E-state index contributed by atoms with van der Waals surface area (Å²) in [6, 6.07) is 18.9. The van der Waals surface area contributed by atoms with Gasteiger partial charge in [0, 0.05) is 6.42 Å². The second-order valence-corrected chi connectivity index (χ2v) is 6.10. The van der Waals surface area contributed by atoms with Crippen LogP contribution in [0, 0.1) is 0 Å². The SMILES string of the molecule is C[C@]1(Cc2ccccc2)OC(=O)N(Nc2ccccc2)[C@@]1(C)O. The fraction of sp³-hybridized carbons (Fsp3) is 0.278. The molecule has 0 bridgehead atoms. The van der Waals surface area contributed by atoms with E-state index in [1.807, 2.05) is 60.7 Å². The maximum atomic E-state index is 12.3. The third-order valence-corrected chi connectivity index (χ3v) is 4.33. The Morgan fingerprint density at radius 1 is 1.04 bits per heavy atom. The molecule has 0 unspecified atom stereocenters. The number of hydrogen-bond acceptors (Lipinski definition) is 4. The van der Waals surface area contributed by atoms with Crippen molar-refractivity contribution in [2.24, 2.45) is 0 Å². The van der Waals surface area contributed by atoms with Gasteiger partial charge in [0.25, 0.3) is 0 Å². The van der Waals surface area contributed by atoms with Gasteiger partial charge in [0.15, 0.2) is 11.3 Å². The molecular weight excluding hydrogens is 292 g/mol. The van der Waals surface area contributed by atoms with Crippen molar-refractivity contribution in [2.45, 2.75) is 31.6 Å². The first-order valence-electron chi connectivity index (χ1n) is 7.54. The van der Waals surface area contributed by atoms with Crippen LogP contribution in [0.1, 0.15) is 19.4 Å². The quantitative estimate of drug-likeness (QED) is 0.910. The van der Waals surface area contributed by atoms with Crippen molar-refractivity contribution in [1.82, 2.24) is 5.01 Å². The van der Waals surface area contributed by atoms with Gasteiger partial charge >= 0.3 is 6.09 Å². The Morgan fingerprint density at radius 2 is 1.61 bits per heavy atom. The fourth-order valence-electron chi connectivity index (χ4n) is 2.73. The Kier molecular flexibility index (Phi) is 3.74. The largest absolute Gasteiger partial charge is 0.436 e. The lowest BCUT2D eigenvalue weighted by atomic mass is 9.87. The van der Waals surface area contributed by atoms with Crippen molar-refractivity contribution in [3.8, 4) is 0 Å². The number of cyclic esters (lactones) is 1. The highest BCUT2D eigenvalue weighted by atomic mass is 16.6. The number of benzene rings is 2. The van der Waals surface area contributed by atoms with Crippen LogP contribution in [0.2, 0.25) is 0 Å². The monoisotopic (exact) mass is 312 g/mol. The third kappa shape index (κ3) is 2.75. The summed E-state index contributed by atoms with van der Waals surface area (Å²) in [5, 5.41) is 12.1. The molecule has 2 N–H and O–H groups in total. The zero-order chi connectivity index (χ0) is 16.5. The van der Waals surface area contributed by atoms with E-state index in [9.17, 15) is 9.90 Å². The van der Waals surface area contributed by atoms with E-state index in [4.69, 9.17) is 4.74 Å². The second-order valence-electron chi connectivity index (χ2n) is 6.10. The Bertz CT molecular complexity index is 688. The van der Waals surface area contributed by atoms with Gasteiger partial charge in [-0.25, -0.2) is 4.79 Å². The molecule has 2 aromatic carbocycles. The zero-order valence-corrected chi connectivity index (χ0v) is 13.2. The van der Waals surface area contributed by atoms with Crippen molar-refractivity contribution in [2.75, 3.05) is 5.43 Å². The van der Waals surface area contributed by atoms with Gasteiger partial charge in [-0.3, -0.25) is 5.43 Å². The number of hydrazine groups is 1. The van der Waals surface area contributed by atoms with Crippen LogP contribution >= 0.6 is 0 Å². The van der Waals surface area contributed by atoms with E-state index in [1.54, 1.807) is 13.8 Å². The first-order valence-corrected chi connectivity index (χ1v) is 7.54. The number of carbonyl (C=O) groups excluding carboxylic acids is 1. The minimum absolute atomic E-state index is 0.416. The summed E-state index contributed by atoms with van der Waals surface area (Å²) in [7, 11) is 0. The lowest BCUT2D eigenvalue weighted by Crippen LogP contribution is -2.57. The molecule has 1 fully saturated rings. The number of nitrogens with one attached hydrogen (secondary N) is 1. The molecule has 1 amide bonds. The number of carbonyl (C=O) groups is 1. The highest BCUT2D eigenvalue weighted by Crippen LogP contribution is 2.39. The number of rotatable bonds is 4. The first kappa shape index (κ1) is 15.4. The summed E-state index contributed by atoms with van der Waals surface area (Å²) in [6.45, 7) is 3.32. The summed E-state index contributed by atoms with van der Waals surface area (Å²) in [5.74, 6) is 0. The molecule has 0 spiro atoms. The van der Waals surface area contributed by atoms with E-state index in [1.165, 1.54) is 0 Å². The van der Waals surface area contributed by atoms with E-state index >= 15 is 0 Å². The minimum Gasteiger partial charge on any atom is -0.436 e. The van der Waals surface area contributed by atoms with Crippen molar-refractivity contribution in [3.63, 3.8) is 0 Å². The smallest absolute Gasteiger partial charge is 0.432 e. The molecule has 3 rings (SSSR count). The predicted molar refractivity (Wildman–Crippen MR) is 87.6 cm³/mol. The second kappa shape index (κ2) is 5.59. The van der Waals surface area contributed by atoms with Crippen LogP contribution in [0.4, 0.5) is 10.5 Å². The van der Waals surface area contributed by atoms with Crippen molar-refractivity contribution >= 4 is 11.8 Å². The number of aliphatic hydroxyl groups is 1. The van der Waals surface area contributed by atoms with Gasteiger partial charge in [0.1, 0.15) is 0 Å². The average molecular weight is 312 g/mol. The Balaban J connectivity index is 1.85. The van der Waals surface area contributed by atoms with Gasteiger partial charge in [0.2, 0.25) is 0 Å². The standard InChI is InChI=1S/C18H20N2O3/c1-17(13-14-9-5-3-6-10-14)18(2,22)20(16(21)23-17)19-15-11-7-4-8-12-15/h3-12,19,22H,13H2,1-2H3/t17-,18+/m1/s1. The Hall–Kier alpha value is -2.53. The molecular formula is C18H20N2O3. The molecule has 2 atom stereocenters. The molecule has 1 saturated heterocycles. The molecule has 0 aliphatic carbocycles.